The number of carbonyl (C=O) groups excluding carboxylic acids is 2. The van der Waals surface area contributed by atoms with Crippen LogP contribution in [0.2, 0.25) is 0 Å². The van der Waals surface area contributed by atoms with Gasteiger partial charge in [-0.15, -0.1) is 5.92 Å². The Kier molecular flexibility index (Phi) is 8.62. The van der Waals surface area contributed by atoms with Crippen LogP contribution in [0.4, 0.5) is 19.1 Å². The first-order chi connectivity index (χ1) is 16.6. The van der Waals surface area contributed by atoms with E-state index in [2.05, 4.69) is 42.1 Å². The van der Waals surface area contributed by atoms with Gasteiger partial charge >= 0.3 is 12.1 Å². The molecule has 0 unspecified atom stereocenters. The normalized spacial score (nSPS) is 13.9. The van der Waals surface area contributed by atoms with Gasteiger partial charge in [0.2, 0.25) is 5.95 Å². The Morgan fingerprint density at radius 2 is 1.97 bits per heavy atom. The van der Waals surface area contributed by atoms with E-state index in [1.165, 1.54) is 4.57 Å². The summed E-state index contributed by atoms with van der Waals surface area (Å²) in [5, 5.41) is 5.97. The van der Waals surface area contributed by atoms with Gasteiger partial charge in [-0.1, -0.05) is 17.7 Å². The predicted molar refractivity (Wildman–Crippen MR) is 122 cm³/mol. The quantitative estimate of drug-likeness (QED) is 0.163. The van der Waals surface area contributed by atoms with Crippen LogP contribution in [0.15, 0.2) is 9.95 Å². The molecule has 15 heteroatoms. The van der Waals surface area contributed by atoms with E-state index < -0.39 is 24.7 Å². The maximum Gasteiger partial charge on any atom is 0.490 e. The van der Waals surface area contributed by atoms with E-state index in [0.29, 0.717) is 23.2 Å². The molecular weight excluding hydrogens is 491 g/mol. The Balaban J connectivity index is 1.70. The van der Waals surface area contributed by atoms with E-state index in [4.69, 9.17) is 0 Å². The van der Waals surface area contributed by atoms with Crippen molar-refractivity contribution in [2.45, 2.75) is 24.8 Å². The molecule has 1 amide bonds. The molecule has 0 saturated carbocycles. The summed E-state index contributed by atoms with van der Waals surface area (Å²) >= 11 is 1.16. The second kappa shape index (κ2) is 11.5. The fourth-order valence-corrected chi connectivity index (χ4v) is 4.08. The molecule has 35 heavy (non-hydrogen) atoms. The number of fused-ring (bicyclic) bond motifs is 1. The molecular formula is C20H24F3N7O4S. The van der Waals surface area contributed by atoms with Gasteiger partial charge in [0, 0.05) is 45.5 Å². The number of rotatable bonds is 8. The van der Waals surface area contributed by atoms with Crippen LogP contribution in [0.1, 0.15) is 6.92 Å². The lowest BCUT2D eigenvalue weighted by Crippen LogP contribution is -2.44. The number of halogens is 3. The first-order valence-corrected chi connectivity index (χ1v) is 11.6. The summed E-state index contributed by atoms with van der Waals surface area (Å²) in [6.07, 6.45) is -5.16. The highest BCUT2D eigenvalue weighted by Gasteiger charge is 2.41. The second-order valence-corrected chi connectivity index (χ2v) is 8.43. The molecule has 0 radical (unpaired) electrons. The van der Waals surface area contributed by atoms with E-state index in [9.17, 15) is 27.6 Å². The number of ether oxygens (including phenoxy) is 1. The van der Waals surface area contributed by atoms with Crippen LogP contribution in [0.3, 0.4) is 0 Å². The molecule has 11 nitrogen and oxygen atoms in total. The number of hydrogen-bond acceptors (Lipinski definition) is 9. The molecule has 3 rings (SSSR count). The zero-order valence-electron chi connectivity index (χ0n) is 19.1. The van der Waals surface area contributed by atoms with Gasteiger partial charge in [0.1, 0.15) is 0 Å². The maximum absolute atomic E-state index is 13.2. The number of thioether (sulfide) groups is 1. The summed E-state index contributed by atoms with van der Waals surface area (Å²) in [5.74, 6) is 3.38. The Labute approximate surface area is 202 Å². The number of esters is 1. The summed E-state index contributed by atoms with van der Waals surface area (Å²) in [4.78, 5) is 46.6. The van der Waals surface area contributed by atoms with Crippen LogP contribution in [-0.2, 0) is 27.9 Å². The number of alkyl halides is 3. The summed E-state index contributed by atoms with van der Waals surface area (Å²) in [6.45, 7) is 4.04. The molecule has 1 saturated heterocycles. The van der Waals surface area contributed by atoms with Crippen molar-refractivity contribution in [3.63, 3.8) is 0 Å². The molecule has 2 aromatic rings. The molecule has 2 N–H and O–H groups in total. The van der Waals surface area contributed by atoms with Crippen LogP contribution in [0.5, 0.6) is 0 Å². The van der Waals surface area contributed by atoms with Gasteiger partial charge in [-0.3, -0.25) is 18.7 Å². The third-order valence-corrected chi connectivity index (χ3v) is 5.99. The Bertz CT molecular complexity index is 1210. The molecule has 0 atom stereocenters. The van der Waals surface area contributed by atoms with Crippen molar-refractivity contribution < 1.29 is 27.5 Å². The topological polar surface area (TPSA) is 123 Å². The number of imidazole rings is 1. The summed E-state index contributed by atoms with van der Waals surface area (Å²) in [5.41, 5.74) is 0.324. The number of anilines is 1. The van der Waals surface area contributed by atoms with Crippen molar-refractivity contribution in [3.05, 3.63) is 10.4 Å². The van der Waals surface area contributed by atoms with Crippen LogP contribution >= 0.6 is 11.8 Å². The number of piperazine rings is 1. The molecule has 0 bridgehead atoms. The minimum atomic E-state index is -5.16. The van der Waals surface area contributed by atoms with Gasteiger partial charge in [0.05, 0.1) is 6.54 Å². The number of hydrogen-bond donors (Lipinski definition) is 2. The number of nitrogens with zero attached hydrogens (tertiary/aromatic N) is 5. The van der Waals surface area contributed by atoms with Crippen molar-refractivity contribution in [1.82, 2.24) is 29.7 Å². The average Bonchev–Trinajstić information content (AvgIpc) is 3.20. The lowest BCUT2D eigenvalue weighted by molar-refractivity contribution is -0.199. The number of carbonyl (C=O) groups is 2. The van der Waals surface area contributed by atoms with Crippen LogP contribution in [0, 0.1) is 11.8 Å². The molecule has 190 valence electrons. The molecule has 0 aromatic carbocycles. The fourth-order valence-electron chi connectivity index (χ4n) is 3.27. The Morgan fingerprint density at radius 3 is 2.63 bits per heavy atom. The third kappa shape index (κ3) is 6.45. The van der Waals surface area contributed by atoms with Gasteiger partial charge in [0.15, 0.2) is 22.9 Å². The monoisotopic (exact) mass is 515 g/mol. The Morgan fingerprint density at radius 1 is 1.26 bits per heavy atom. The number of aromatic nitrogens is 4. The van der Waals surface area contributed by atoms with E-state index in [0.717, 1.165) is 37.9 Å². The van der Waals surface area contributed by atoms with Gasteiger partial charge in [0.25, 0.3) is 11.5 Å². The van der Waals surface area contributed by atoms with Crippen LogP contribution in [-0.4, -0.2) is 82.2 Å². The van der Waals surface area contributed by atoms with Crippen molar-refractivity contribution in [1.29, 1.82) is 0 Å². The van der Waals surface area contributed by atoms with E-state index in [1.807, 2.05) is 0 Å². The van der Waals surface area contributed by atoms with Gasteiger partial charge < -0.3 is 20.3 Å². The average molecular weight is 516 g/mol. The lowest BCUT2D eigenvalue weighted by atomic mass is 10.4. The zero-order valence-corrected chi connectivity index (χ0v) is 19.9. The standard InChI is InChI=1S/C20H24F3N7O4S/c1-3-4-8-30-14-15(26-18(30)29-9-5-24-6-10-29)27-19(28(2)16(14)32)35-11-7-25-13(31)12-34-17(33)20(21,22)23/h24H,5-12H2,1-2H3,(H,25,31). The first-order valence-electron chi connectivity index (χ1n) is 10.6. The minimum Gasteiger partial charge on any atom is -0.449 e. The van der Waals surface area contributed by atoms with E-state index >= 15 is 0 Å². The maximum atomic E-state index is 13.2. The van der Waals surface area contributed by atoms with Gasteiger partial charge in [-0.25, -0.2) is 9.78 Å². The highest BCUT2D eigenvalue weighted by atomic mass is 32.2. The highest BCUT2D eigenvalue weighted by molar-refractivity contribution is 7.99. The molecule has 3 heterocycles. The van der Waals surface area contributed by atoms with Gasteiger partial charge in [-0.2, -0.15) is 18.2 Å². The minimum absolute atomic E-state index is 0.0491. The molecule has 2 aromatic heterocycles. The van der Waals surface area contributed by atoms with E-state index in [1.54, 1.807) is 18.5 Å². The zero-order chi connectivity index (χ0) is 25.6. The van der Waals surface area contributed by atoms with Crippen molar-refractivity contribution in [2.75, 3.05) is 50.0 Å². The first kappa shape index (κ1) is 26.4. The highest BCUT2D eigenvalue weighted by Crippen LogP contribution is 2.22. The number of amides is 1. The van der Waals surface area contributed by atoms with E-state index in [-0.39, 0.29) is 23.5 Å². The molecule has 0 spiro atoms. The smallest absolute Gasteiger partial charge is 0.449 e. The van der Waals surface area contributed by atoms with Crippen molar-refractivity contribution in [3.8, 4) is 11.8 Å². The second-order valence-electron chi connectivity index (χ2n) is 7.36. The summed E-state index contributed by atoms with van der Waals surface area (Å²) < 4.78 is 43.3. The lowest BCUT2D eigenvalue weighted by Gasteiger charge is -2.28. The summed E-state index contributed by atoms with van der Waals surface area (Å²) in [7, 11) is 1.57. The summed E-state index contributed by atoms with van der Waals surface area (Å²) in [6, 6.07) is 0. The molecule has 1 aliphatic rings. The Hall–Kier alpha value is -3.25. The van der Waals surface area contributed by atoms with Crippen LogP contribution < -0.4 is 21.1 Å². The van der Waals surface area contributed by atoms with Gasteiger partial charge in [-0.05, 0) is 6.92 Å². The number of nitrogens with one attached hydrogen (secondary N) is 2. The van der Waals surface area contributed by atoms with Crippen molar-refractivity contribution in [2.24, 2.45) is 7.05 Å². The fraction of sp³-hybridized carbons (Fsp3) is 0.550. The molecule has 1 fully saturated rings. The van der Waals surface area contributed by atoms with Crippen molar-refractivity contribution >= 4 is 40.8 Å². The molecule has 0 aliphatic carbocycles. The largest absolute Gasteiger partial charge is 0.490 e. The predicted octanol–water partition coefficient (Wildman–Crippen LogP) is -0.123. The third-order valence-electron chi connectivity index (χ3n) is 4.96. The van der Waals surface area contributed by atoms with Crippen LogP contribution in [0.25, 0.3) is 11.2 Å². The SMILES string of the molecule is CC#CCn1c(N2CCNCC2)nc2nc(SCCNC(=O)COC(=O)C(F)(F)F)n(C)c(=O)c21. The molecule has 1 aliphatic heterocycles.